The van der Waals surface area contributed by atoms with Crippen LogP contribution in [0.1, 0.15) is 27.7 Å². The number of thioether (sulfide) groups is 1. The SMILES string of the molecule is COCC(C)SCC(NC(=O)OC(C)(C)C)C(=O)O. The number of carboxylic acid groups (broad SMARTS) is 1. The van der Waals surface area contributed by atoms with E-state index < -0.39 is 23.7 Å². The molecule has 1 amide bonds. The van der Waals surface area contributed by atoms with E-state index in [2.05, 4.69) is 5.32 Å². The van der Waals surface area contributed by atoms with Crippen LogP contribution in [0.3, 0.4) is 0 Å². The quantitative estimate of drug-likeness (QED) is 0.743. The second-order valence-electron chi connectivity index (χ2n) is 5.14. The zero-order chi connectivity index (χ0) is 15.1. The second-order valence-corrected chi connectivity index (χ2v) is 6.61. The third-order valence-electron chi connectivity index (χ3n) is 1.94. The number of nitrogens with one attached hydrogen (secondary N) is 1. The van der Waals surface area contributed by atoms with Crippen LogP contribution in [0.2, 0.25) is 0 Å². The van der Waals surface area contributed by atoms with E-state index in [9.17, 15) is 9.59 Å². The van der Waals surface area contributed by atoms with Crippen molar-refractivity contribution in [3.63, 3.8) is 0 Å². The number of carbonyl (C=O) groups is 2. The Hall–Kier alpha value is -0.950. The molecule has 0 aliphatic heterocycles. The van der Waals surface area contributed by atoms with Gasteiger partial charge in [0.05, 0.1) is 6.61 Å². The predicted octanol–water partition coefficient (Wildman–Crippen LogP) is 1.73. The molecule has 6 nitrogen and oxygen atoms in total. The van der Waals surface area contributed by atoms with Gasteiger partial charge in [-0.15, -0.1) is 0 Å². The Labute approximate surface area is 118 Å². The number of carbonyl (C=O) groups excluding carboxylic acids is 1. The van der Waals surface area contributed by atoms with Gasteiger partial charge < -0.3 is 19.9 Å². The summed E-state index contributed by atoms with van der Waals surface area (Å²) in [4.78, 5) is 22.6. The van der Waals surface area contributed by atoms with Gasteiger partial charge in [-0.1, -0.05) is 6.92 Å². The minimum atomic E-state index is -1.08. The van der Waals surface area contributed by atoms with Crippen LogP contribution in [0.4, 0.5) is 4.79 Å². The van der Waals surface area contributed by atoms with Gasteiger partial charge in [-0.05, 0) is 20.8 Å². The molecule has 0 heterocycles. The third kappa shape index (κ3) is 9.61. The normalized spacial score (nSPS) is 14.6. The Morgan fingerprint density at radius 3 is 2.37 bits per heavy atom. The van der Waals surface area contributed by atoms with Crippen LogP contribution in [-0.2, 0) is 14.3 Å². The number of methoxy groups -OCH3 is 1. The van der Waals surface area contributed by atoms with Gasteiger partial charge in [-0.25, -0.2) is 9.59 Å². The van der Waals surface area contributed by atoms with Crippen molar-refractivity contribution in [2.75, 3.05) is 19.5 Å². The molecule has 2 unspecified atom stereocenters. The van der Waals surface area contributed by atoms with Crippen molar-refractivity contribution in [1.29, 1.82) is 0 Å². The average molecular weight is 293 g/mol. The van der Waals surface area contributed by atoms with Crippen LogP contribution in [0.5, 0.6) is 0 Å². The molecule has 2 atom stereocenters. The summed E-state index contributed by atoms with van der Waals surface area (Å²) in [6.07, 6.45) is -0.722. The molecule has 0 radical (unpaired) electrons. The van der Waals surface area contributed by atoms with E-state index in [1.807, 2.05) is 6.92 Å². The number of alkyl carbamates (subject to hydrolysis) is 1. The van der Waals surface area contributed by atoms with Crippen molar-refractivity contribution in [2.24, 2.45) is 0 Å². The number of hydrogen-bond donors (Lipinski definition) is 2. The first-order chi connectivity index (χ1) is 8.65. The van der Waals surface area contributed by atoms with Crippen molar-refractivity contribution in [3.8, 4) is 0 Å². The van der Waals surface area contributed by atoms with E-state index in [-0.39, 0.29) is 11.0 Å². The van der Waals surface area contributed by atoms with Crippen LogP contribution in [0, 0.1) is 0 Å². The van der Waals surface area contributed by atoms with Crippen LogP contribution in [0.25, 0.3) is 0 Å². The highest BCUT2D eigenvalue weighted by Crippen LogP contribution is 2.13. The molecule has 0 fully saturated rings. The van der Waals surface area contributed by atoms with Gasteiger partial charge in [-0.2, -0.15) is 11.8 Å². The van der Waals surface area contributed by atoms with Crippen LogP contribution in [0.15, 0.2) is 0 Å². The van der Waals surface area contributed by atoms with E-state index in [1.165, 1.54) is 11.8 Å². The molecule has 0 saturated carbocycles. The van der Waals surface area contributed by atoms with Gasteiger partial charge in [0.2, 0.25) is 0 Å². The van der Waals surface area contributed by atoms with Crippen molar-refractivity contribution in [3.05, 3.63) is 0 Å². The monoisotopic (exact) mass is 293 g/mol. The lowest BCUT2D eigenvalue weighted by Crippen LogP contribution is -2.45. The highest BCUT2D eigenvalue weighted by molar-refractivity contribution is 7.99. The van der Waals surface area contributed by atoms with E-state index in [0.717, 1.165) is 0 Å². The van der Waals surface area contributed by atoms with Gasteiger partial charge in [0.1, 0.15) is 11.6 Å². The van der Waals surface area contributed by atoms with Gasteiger partial charge in [0.25, 0.3) is 0 Å². The first-order valence-electron chi connectivity index (χ1n) is 5.98. The molecule has 0 saturated heterocycles. The predicted molar refractivity (Wildman–Crippen MR) is 74.6 cm³/mol. The maximum Gasteiger partial charge on any atom is 0.408 e. The number of carboxylic acids is 1. The smallest absolute Gasteiger partial charge is 0.408 e. The van der Waals surface area contributed by atoms with Gasteiger partial charge in [0, 0.05) is 18.1 Å². The van der Waals surface area contributed by atoms with Crippen LogP contribution >= 0.6 is 11.8 Å². The highest BCUT2D eigenvalue weighted by atomic mass is 32.2. The molecule has 2 N–H and O–H groups in total. The van der Waals surface area contributed by atoms with E-state index in [1.54, 1.807) is 27.9 Å². The summed E-state index contributed by atoms with van der Waals surface area (Å²) in [7, 11) is 1.59. The Morgan fingerprint density at radius 2 is 1.95 bits per heavy atom. The van der Waals surface area contributed by atoms with Crippen molar-refractivity contribution in [2.45, 2.75) is 44.6 Å². The Bertz CT molecular complexity index is 303. The Kier molecular flexibility index (Phi) is 7.85. The Morgan fingerprint density at radius 1 is 1.37 bits per heavy atom. The van der Waals surface area contributed by atoms with E-state index in [0.29, 0.717) is 6.61 Å². The molecule has 0 rings (SSSR count). The van der Waals surface area contributed by atoms with Gasteiger partial charge in [-0.3, -0.25) is 0 Å². The molecule has 0 aromatic carbocycles. The second kappa shape index (κ2) is 8.27. The van der Waals surface area contributed by atoms with E-state index in [4.69, 9.17) is 14.6 Å². The molecular formula is C12H23NO5S. The molecule has 7 heteroatoms. The van der Waals surface area contributed by atoms with Crippen LogP contribution < -0.4 is 5.32 Å². The summed E-state index contributed by atoms with van der Waals surface area (Å²) in [5.74, 6) is -0.818. The largest absolute Gasteiger partial charge is 0.480 e. The fourth-order valence-corrected chi connectivity index (χ4v) is 2.15. The molecule has 112 valence electrons. The molecular weight excluding hydrogens is 270 g/mol. The number of ether oxygens (including phenoxy) is 2. The summed E-state index contributed by atoms with van der Waals surface area (Å²) < 4.78 is 9.99. The first-order valence-corrected chi connectivity index (χ1v) is 7.03. The minimum Gasteiger partial charge on any atom is -0.480 e. The highest BCUT2D eigenvalue weighted by Gasteiger charge is 2.24. The molecule has 0 aliphatic rings. The minimum absolute atomic E-state index is 0.160. The lowest BCUT2D eigenvalue weighted by atomic mass is 10.2. The summed E-state index contributed by atoms with van der Waals surface area (Å²) in [5, 5.41) is 11.6. The number of rotatable bonds is 7. The standard InChI is InChI=1S/C12H23NO5S/c1-8(6-17-5)19-7-9(10(14)15)13-11(16)18-12(2,3)4/h8-9H,6-7H2,1-5H3,(H,13,16)(H,14,15). The molecule has 0 spiro atoms. The summed E-state index contributed by atoms with van der Waals surface area (Å²) >= 11 is 1.42. The fraction of sp³-hybridized carbons (Fsp3) is 0.833. The lowest BCUT2D eigenvalue weighted by molar-refractivity contribution is -0.138. The maximum atomic E-state index is 11.5. The molecule has 0 aromatic rings. The van der Waals surface area contributed by atoms with Crippen molar-refractivity contribution >= 4 is 23.8 Å². The summed E-state index contributed by atoms with van der Waals surface area (Å²) in [5.41, 5.74) is -0.649. The van der Waals surface area contributed by atoms with E-state index >= 15 is 0 Å². The topological polar surface area (TPSA) is 84.9 Å². The summed E-state index contributed by atoms with van der Waals surface area (Å²) in [6, 6.07) is -0.973. The van der Waals surface area contributed by atoms with Crippen molar-refractivity contribution < 1.29 is 24.2 Å². The number of amides is 1. The fourth-order valence-electron chi connectivity index (χ4n) is 1.17. The third-order valence-corrected chi connectivity index (χ3v) is 3.17. The number of hydrogen-bond acceptors (Lipinski definition) is 5. The zero-order valence-electron chi connectivity index (χ0n) is 12.1. The first kappa shape index (κ1) is 18.0. The average Bonchev–Trinajstić information content (AvgIpc) is 2.21. The van der Waals surface area contributed by atoms with Gasteiger partial charge in [0.15, 0.2) is 0 Å². The van der Waals surface area contributed by atoms with Gasteiger partial charge >= 0.3 is 12.1 Å². The molecule has 0 aliphatic carbocycles. The Balaban J connectivity index is 4.27. The van der Waals surface area contributed by atoms with Crippen LogP contribution in [-0.4, -0.2) is 53.5 Å². The summed E-state index contributed by atoms with van der Waals surface area (Å²) in [6.45, 7) is 7.62. The molecule has 0 aromatic heterocycles. The van der Waals surface area contributed by atoms with Crippen molar-refractivity contribution in [1.82, 2.24) is 5.32 Å². The molecule has 0 bridgehead atoms. The number of aliphatic carboxylic acids is 1. The maximum absolute atomic E-state index is 11.5. The molecule has 19 heavy (non-hydrogen) atoms. The zero-order valence-corrected chi connectivity index (χ0v) is 12.9. The lowest BCUT2D eigenvalue weighted by Gasteiger charge is -2.22.